The Morgan fingerprint density at radius 2 is 2.21 bits per heavy atom. The maximum Gasteiger partial charge on any atom is 0.371 e. The summed E-state index contributed by atoms with van der Waals surface area (Å²) in [4.78, 5) is 11.5. The van der Waals surface area contributed by atoms with Crippen LogP contribution in [0.5, 0.6) is 0 Å². The number of halogens is 1. The van der Waals surface area contributed by atoms with Crippen LogP contribution in [0.3, 0.4) is 0 Å². The first-order chi connectivity index (χ1) is 8.97. The number of rotatable bonds is 4. The average Bonchev–Trinajstić information content (AvgIpc) is 2.70. The van der Waals surface area contributed by atoms with Gasteiger partial charge >= 0.3 is 5.97 Å². The Hall–Kier alpha value is -1.95. The second-order valence-corrected chi connectivity index (χ2v) is 4.99. The van der Waals surface area contributed by atoms with Crippen LogP contribution < -0.4 is 5.73 Å². The van der Waals surface area contributed by atoms with Crippen molar-refractivity contribution in [3.05, 3.63) is 47.2 Å². The maximum atomic E-state index is 12.9. The standard InChI is InChI=1S/C13H12FNO3S/c1-7-8(4-11(18-7)13(16)17)6-19-12-3-2-9(14)5-10(12)15/h2-5H,6,15H2,1H3,(H,16,17). The van der Waals surface area contributed by atoms with Crippen LogP contribution in [0.15, 0.2) is 33.6 Å². The molecular weight excluding hydrogens is 269 g/mol. The highest BCUT2D eigenvalue weighted by molar-refractivity contribution is 7.98. The molecule has 0 saturated carbocycles. The Bertz CT molecular complexity index is 624. The summed E-state index contributed by atoms with van der Waals surface area (Å²) in [6, 6.07) is 5.68. The lowest BCUT2D eigenvalue weighted by molar-refractivity contribution is 0.0661. The zero-order valence-electron chi connectivity index (χ0n) is 10.1. The van der Waals surface area contributed by atoms with Gasteiger partial charge in [-0.05, 0) is 31.2 Å². The second-order valence-electron chi connectivity index (χ2n) is 3.97. The summed E-state index contributed by atoms with van der Waals surface area (Å²) in [6.45, 7) is 1.70. The molecule has 100 valence electrons. The number of carboxylic acid groups (broad SMARTS) is 1. The zero-order chi connectivity index (χ0) is 14.0. The van der Waals surface area contributed by atoms with Gasteiger partial charge in [-0.2, -0.15) is 0 Å². The van der Waals surface area contributed by atoms with Crippen LogP contribution in [0, 0.1) is 12.7 Å². The molecule has 0 aliphatic rings. The zero-order valence-corrected chi connectivity index (χ0v) is 11.0. The van der Waals surface area contributed by atoms with E-state index >= 15 is 0 Å². The number of hydrogen-bond donors (Lipinski definition) is 2. The molecule has 0 radical (unpaired) electrons. The number of thioether (sulfide) groups is 1. The van der Waals surface area contributed by atoms with E-state index in [4.69, 9.17) is 15.3 Å². The largest absolute Gasteiger partial charge is 0.475 e. The summed E-state index contributed by atoms with van der Waals surface area (Å²) in [5, 5.41) is 8.82. The molecule has 0 saturated heterocycles. The molecule has 3 N–H and O–H groups in total. The lowest BCUT2D eigenvalue weighted by Gasteiger charge is -2.04. The normalized spacial score (nSPS) is 10.6. The number of hydrogen-bond acceptors (Lipinski definition) is 4. The highest BCUT2D eigenvalue weighted by Gasteiger charge is 2.13. The number of nitrogen functional groups attached to an aromatic ring is 1. The van der Waals surface area contributed by atoms with Crippen molar-refractivity contribution in [3.8, 4) is 0 Å². The molecule has 0 atom stereocenters. The minimum absolute atomic E-state index is 0.0832. The molecule has 0 bridgehead atoms. The van der Waals surface area contributed by atoms with Crippen molar-refractivity contribution < 1.29 is 18.7 Å². The molecule has 0 aliphatic carbocycles. The summed E-state index contributed by atoms with van der Waals surface area (Å²) in [7, 11) is 0. The average molecular weight is 281 g/mol. The van der Waals surface area contributed by atoms with Crippen molar-refractivity contribution in [2.24, 2.45) is 0 Å². The monoisotopic (exact) mass is 281 g/mol. The summed E-state index contributed by atoms with van der Waals surface area (Å²) in [6.07, 6.45) is 0. The van der Waals surface area contributed by atoms with Crippen LogP contribution in [0.25, 0.3) is 0 Å². The van der Waals surface area contributed by atoms with Gasteiger partial charge in [-0.25, -0.2) is 9.18 Å². The van der Waals surface area contributed by atoms with Crippen molar-refractivity contribution in [1.82, 2.24) is 0 Å². The van der Waals surface area contributed by atoms with Gasteiger partial charge in [-0.1, -0.05) is 0 Å². The van der Waals surface area contributed by atoms with E-state index < -0.39 is 5.97 Å². The minimum Gasteiger partial charge on any atom is -0.475 e. The van der Waals surface area contributed by atoms with Crippen molar-refractivity contribution in [1.29, 1.82) is 0 Å². The van der Waals surface area contributed by atoms with Gasteiger partial charge in [0.05, 0.1) is 0 Å². The fraction of sp³-hybridized carbons (Fsp3) is 0.154. The molecule has 2 rings (SSSR count). The first kappa shape index (κ1) is 13.5. The van der Waals surface area contributed by atoms with Crippen molar-refractivity contribution >= 4 is 23.4 Å². The third-order valence-corrected chi connectivity index (χ3v) is 3.72. The number of benzene rings is 1. The van der Waals surface area contributed by atoms with Crippen LogP contribution in [-0.2, 0) is 5.75 Å². The number of nitrogens with two attached hydrogens (primary N) is 1. The summed E-state index contributed by atoms with van der Waals surface area (Å²) < 4.78 is 18.0. The van der Waals surface area contributed by atoms with Gasteiger partial charge in [0.1, 0.15) is 11.6 Å². The van der Waals surface area contributed by atoms with Gasteiger partial charge in [0, 0.05) is 21.9 Å². The molecule has 19 heavy (non-hydrogen) atoms. The van der Waals surface area contributed by atoms with Crippen molar-refractivity contribution in [3.63, 3.8) is 0 Å². The van der Waals surface area contributed by atoms with E-state index in [0.717, 1.165) is 10.5 Å². The third kappa shape index (κ3) is 3.08. The number of carboxylic acids is 1. The Morgan fingerprint density at radius 3 is 2.79 bits per heavy atom. The SMILES string of the molecule is Cc1oc(C(=O)O)cc1CSc1ccc(F)cc1N. The van der Waals surface area contributed by atoms with Gasteiger partial charge in [-0.15, -0.1) is 11.8 Å². The number of aromatic carboxylic acids is 1. The molecule has 0 amide bonds. The van der Waals surface area contributed by atoms with E-state index in [-0.39, 0.29) is 11.6 Å². The summed E-state index contributed by atoms with van der Waals surface area (Å²) in [5.74, 6) is -0.487. The Morgan fingerprint density at radius 1 is 1.47 bits per heavy atom. The fourth-order valence-corrected chi connectivity index (χ4v) is 2.56. The lowest BCUT2D eigenvalue weighted by Crippen LogP contribution is -1.92. The van der Waals surface area contributed by atoms with Crippen molar-refractivity contribution in [2.45, 2.75) is 17.6 Å². The van der Waals surface area contributed by atoms with E-state index in [1.165, 1.54) is 30.0 Å². The maximum absolute atomic E-state index is 12.9. The lowest BCUT2D eigenvalue weighted by atomic mass is 10.3. The topological polar surface area (TPSA) is 76.5 Å². The quantitative estimate of drug-likeness (QED) is 0.664. The molecule has 1 aromatic heterocycles. The molecule has 0 aliphatic heterocycles. The first-order valence-corrected chi connectivity index (χ1v) is 6.46. The van der Waals surface area contributed by atoms with E-state index in [1.54, 1.807) is 13.0 Å². The van der Waals surface area contributed by atoms with E-state index in [0.29, 0.717) is 17.2 Å². The summed E-state index contributed by atoms with van der Waals surface area (Å²) >= 11 is 1.40. The highest BCUT2D eigenvalue weighted by atomic mass is 32.2. The van der Waals surface area contributed by atoms with Crippen LogP contribution in [0.4, 0.5) is 10.1 Å². The summed E-state index contributed by atoms with van der Waals surface area (Å²) in [5.41, 5.74) is 6.85. The van der Waals surface area contributed by atoms with Crippen molar-refractivity contribution in [2.75, 3.05) is 5.73 Å². The number of furan rings is 1. The molecule has 4 nitrogen and oxygen atoms in total. The Kier molecular flexibility index (Phi) is 3.80. The predicted molar refractivity (Wildman–Crippen MR) is 70.8 cm³/mol. The third-order valence-electron chi connectivity index (χ3n) is 2.59. The van der Waals surface area contributed by atoms with E-state index in [2.05, 4.69) is 0 Å². The number of anilines is 1. The molecule has 2 aromatic rings. The predicted octanol–water partition coefficient (Wildman–Crippen LogP) is 3.30. The van der Waals surface area contributed by atoms with Crippen LogP contribution in [0.1, 0.15) is 21.9 Å². The number of aryl methyl sites for hydroxylation is 1. The molecule has 0 unspecified atom stereocenters. The molecular formula is C13H12FNO3S. The smallest absolute Gasteiger partial charge is 0.371 e. The second kappa shape index (κ2) is 5.36. The number of carbonyl (C=O) groups is 1. The van der Waals surface area contributed by atoms with Gasteiger partial charge in [0.15, 0.2) is 0 Å². The van der Waals surface area contributed by atoms with Crippen LogP contribution in [-0.4, -0.2) is 11.1 Å². The Balaban J connectivity index is 2.12. The van der Waals surface area contributed by atoms with Crippen LogP contribution in [0.2, 0.25) is 0 Å². The Labute approximate surface area is 113 Å². The molecule has 0 spiro atoms. The highest BCUT2D eigenvalue weighted by Crippen LogP contribution is 2.30. The van der Waals surface area contributed by atoms with Gasteiger partial charge in [0.25, 0.3) is 0 Å². The molecule has 0 fully saturated rings. The fourth-order valence-electron chi connectivity index (χ4n) is 1.57. The van der Waals surface area contributed by atoms with E-state index in [1.807, 2.05) is 0 Å². The molecule has 1 aromatic carbocycles. The van der Waals surface area contributed by atoms with Gasteiger partial charge in [0.2, 0.25) is 5.76 Å². The first-order valence-electron chi connectivity index (χ1n) is 5.48. The van der Waals surface area contributed by atoms with Gasteiger partial charge < -0.3 is 15.3 Å². The van der Waals surface area contributed by atoms with Gasteiger partial charge in [-0.3, -0.25) is 0 Å². The van der Waals surface area contributed by atoms with Crippen LogP contribution >= 0.6 is 11.8 Å². The minimum atomic E-state index is -1.10. The molecule has 6 heteroatoms. The van der Waals surface area contributed by atoms with E-state index in [9.17, 15) is 9.18 Å². The molecule has 1 heterocycles.